The summed E-state index contributed by atoms with van der Waals surface area (Å²) in [4.78, 5) is 0. The average Bonchev–Trinajstić information content (AvgIpc) is 1.78. The van der Waals surface area contributed by atoms with Crippen LogP contribution in [0.15, 0.2) is 0 Å². The molecule has 0 saturated heterocycles. The lowest BCUT2D eigenvalue weighted by molar-refractivity contribution is 0.402. The maximum atomic E-state index is 2.30. The van der Waals surface area contributed by atoms with Crippen LogP contribution in [0.5, 0.6) is 0 Å². The number of hydrogen-bond donors (Lipinski definition) is 0. The van der Waals surface area contributed by atoms with Gasteiger partial charge in [0, 0.05) is 11.0 Å². The molecule has 0 fully saturated rings. The molecule has 11 heavy (non-hydrogen) atoms. The predicted octanol–water partition coefficient (Wildman–Crippen LogP) is 4.21. The Kier molecular flexibility index (Phi) is 5.71. The van der Waals surface area contributed by atoms with Crippen molar-refractivity contribution in [2.45, 2.75) is 46.3 Å². The Morgan fingerprint density at radius 2 is 1.73 bits per heavy atom. The first-order valence-electron chi connectivity index (χ1n) is 4.20. The third-order valence-electron chi connectivity index (χ3n) is 1.20. The summed E-state index contributed by atoms with van der Waals surface area (Å²) in [5, 5.41) is 0.764. The van der Waals surface area contributed by atoms with E-state index < -0.39 is 0 Å². The van der Waals surface area contributed by atoms with Gasteiger partial charge in [0.25, 0.3) is 0 Å². The molecule has 68 valence electrons. The van der Waals surface area contributed by atoms with Crippen molar-refractivity contribution < 1.29 is 0 Å². The second-order valence-electron chi connectivity index (χ2n) is 4.28. The van der Waals surface area contributed by atoms with E-state index in [0.717, 1.165) is 5.25 Å². The molecule has 0 rings (SSSR count). The van der Waals surface area contributed by atoms with E-state index in [2.05, 4.69) is 34.6 Å². The topological polar surface area (TPSA) is 0 Å². The number of rotatable bonds is 4. The Morgan fingerprint density at radius 1 is 1.18 bits per heavy atom. The highest BCUT2D eigenvalue weighted by Gasteiger charge is 2.09. The van der Waals surface area contributed by atoms with E-state index in [-0.39, 0.29) is 0 Å². The van der Waals surface area contributed by atoms with E-state index in [1.54, 1.807) is 0 Å². The predicted molar refractivity (Wildman–Crippen MR) is 59.3 cm³/mol. The molecule has 0 aromatic heterocycles. The van der Waals surface area contributed by atoms with Crippen molar-refractivity contribution in [1.82, 2.24) is 0 Å². The van der Waals surface area contributed by atoms with Crippen molar-refractivity contribution in [3.63, 3.8) is 0 Å². The van der Waals surface area contributed by atoms with Crippen molar-refractivity contribution in [1.29, 1.82) is 0 Å². The quantitative estimate of drug-likeness (QED) is 0.483. The first kappa shape index (κ1) is 11.7. The van der Waals surface area contributed by atoms with Gasteiger partial charge in [-0.2, -0.15) is 0 Å². The molecule has 0 saturated carbocycles. The molecule has 0 bridgehead atoms. The lowest BCUT2D eigenvalue weighted by Crippen LogP contribution is -2.05. The van der Waals surface area contributed by atoms with Crippen LogP contribution >= 0.6 is 21.6 Å². The van der Waals surface area contributed by atoms with Gasteiger partial charge in [0.1, 0.15) is 0 Å². The number of hydrogen-bond acceptors (Lipinski definition) is 2. The van der Waals surface area contributed by atoms with Crippen LogP contribution in [0.4, 0.5) is 0 Å². The minimum absolute atomic E-state index is 0.505. The van der Waals surface area contributed by atoms with E-state index in [4.69, 9.17) is 0 Å². The monoisotopic (exact) mass is 192 g/mol. The molecule has 0 aliphatic rings. The molecule has 0 spiro atoms. The molecular formula is C9H20S2. The van der Waals surface area contributed by atoms with Gasteiger partial charge < -0.3 is 0 Å². The summed E-state index contributed by atoms with van der Waals surface area (Å²) in [6, 6.07) is 0. The van der Waals surface area contributed by atoms with Crippen LogP contribution in [0, 0.1) is 5.41 Å². The van der Waals surface area contributed by atoms with Crippen molar-refractivity contribution in [2.75, 3.05) is 5.75 Å². The van der Waals surface area contributed by atoms with Gasteiger partial charge in [-0.1, -0.05) is 56.2 Å². The van der Waals surface area contributed by atoms with Crippen LogP contribution in [-0.4, -0.2) is 11.0 Å². The van der Waals surface area contributed by atoms with Gasteiger partial charge in [-0.3, -0.25) is 0 Å². The van der Waals surface area contributed by atoms with Gasteiger partial charge in [-0.15, -0.1) is 0 Å². The molecular weight excluding hydrogens is 172 g/mol. The molecule has 0 unspecified atom stereocenters. The van der Waals surface area contributed by atoms with Gasteiger partial charge in [0.05, 0.1) is 0 Å². The lowest BCUT2D eigenvalue weighted by atomic mass is 9.94. The Bertz CT molecular complexity index is 92.2. The highest BCUT2D eigenvalue weighted by atomic mass is 33.1. The minimum Gasteiger partial charge on any atom is -0.0939 e. The zero-order valence-electron chi connectivity index (χ0n) is 8.31. The van der Waals surface area contributed by atoms with Gasteiger partial charge in [0.15, 0.2) is 0 Å². The van der Waals surface area contributed by atoms with Crippen molar-refractivity contribution >= 4 is 21.6 Å². The molecule has 0 amide bonds. The summed E-state index contributed by atoms with van der Waals surface area (Å²) in [7, 11) is 3.99. The minimum atomic E-state index is 0.505. The Balaban J connectivity index is 3.15. The van der Waals surface area contributed by atoms with Gasteiger partial charge in [-0.25, -0.2) is 0 Å². The molecule has 0 heterocycles. The fourth-order valence-electron chi connectivity index (χ4n) is 0.532. The summed E-state index contributed by atoms with van der Waals surface area (Å²) < 4.78 is 0. The molecule has 0 nitrogen and oxygen atoms in total. The van der Waals surface area contributed by atoms with Crippen LogP contribution in [0.3, 0.4) is 0 Å². The molecule has 0 aliphatic heterocycles. The van der Waals surface area contributed by atoms with Gasteiger partial charge in [-0.05, 0) is 11.8 Å². The van der Waals surface area contributed by atoms with E-state index in [0.29, 0.717) is 5.41 Å². The smallest absolute Gasteiger partial charge is 0.00944 e. The van der Waals surface area contributed by atoms with E-state index in [9.17, 15) is 0 Å². The van der Waals surface area contributed by atoms with E-state index in [1.165, 1.54) is 12.2 Å². The van der Waals surface area contributed by atoms with Crippen LogP contribution in [0.2, 0.25) is 0 Å². The molecule has 0 aliphatic carbocycles. The Morgan fingerprint density at radius 3 is 2.09 bits per heavy atom. The standard InChI is InChI=1S/C9H20S2/c1-8(2)11-10-7-6-9(3,4)5/h8H,6-7H2,1-5H3. The van der Waals surface area contributed by atoms with Gasteiger partial charge in [0.2, 0.25) is 0 Å². The van der Waals surface area contributed by atoms with Crippen LogP contribution < -0.4 is 0 Å². The van der Waals surface area contributed by atoms with Crippen LogP contribution in [0.25, 0.3) is 0 Å². The summed E-state index contributed by atoms with van der Waals surface area (Å²) in [6.07, 6.45) is 1.32. The first-order chi connectivity index (χ1) is 4.92. The molecule has 0 aromatic rings. The van der Waals surface area contributed by atoms with Gasteiger partial charge >= 0.3 is 0 Å². The first-order valence-corrected chi connectivity index (χ1v) is 6.58. The fourth-order valence-corrected chi connectivity index (χ4v) is 2.95. The summed E-state index contributed by atoms with van der Waals surface area (Å²) >= 11 is 0. The SMILES string of the molecule is CC(C)SSCCC(C)(C)C. The average molecular weight is 192 g/mol. The molecule has 0 N–H and O–H groups in total. The third kappa shape index (κ3) is 10.7. The molecule has 0 aromatic carbocycles. The second-order valence-corrected chi connectivity index (χ2v) is 7.34. The zero-order valence-corrected chi connectivity index (χ0v) is 9.94. The van der Waals surface area contributed by atoms with Crippen LogP contribution in [-0.2, 0) is 0 Å². The molecule has 2 heteroatoms. The summed E-state index contributed by atoms with van der Waals surface area (Å²) in [5.41, 5.74) is 0.505. The Hall–Kier alpha value is 0.700. The Labute approximate surface area is 79.3 Å². The normalized spacial score (nSPS) is 12.5. The summed E-state index contributed by atoms with van der Waals surface area (Å²) in [5.74, 6) is 1.28. The summed E-state index contributed by atoms with van der Waals surface area (Å²) in [6.45, 7) is 11.4. The van der Waals surface area contributed by atoms with E-state index in [1.807, 2.05) is 21.6 Å². The van der Waals surface area contributed by atoms with E-state index >= 15 is 0 Å². The van der Waals surface area contributed by atoms with Crippen molar-refractivity contribution in [3.05, 3.63) is 0 Å². The van der Waals surface area contributed by atoms with Crippen molar-refractivity contribution in [2.24, 2.45) is 5.41 Å². The highest BCUT2D eigenvalue weighted by Crippen LogP contribution is 2.30. The fraction of sp³-hybridized carbons (Fsp3) is 1.00. The maximum absolute atomic E-state index is 2.30. The van der Waals surface area contributed by atoms with Crippen LogP contribution in [0.1, 0.15) is 41.0 Å². The zero-order chi connectivity index (χ0) is 8.91. The molecule has 0 atom stereocenters. The lowest BCUT2D eigenvalue weighted by Gasteiger charge is -2.17. The largest absolute Gasteiger partial charge is 0.0939 e. The molecule has 0 radical (unpaired) electrons. The van der Waals surface area contributed by atoms with Crippen molar-refractivity contribution in [3.8, 4) is 0 Å². The second kappa shape index (κ2) is 5.36. The maximum Gasteiger partial charge on any atom is 0.00944 e. The highest BCUT2D eigenvalue weighted by molar-refractivity contribution is 8.76. The third-order valence-corrected chi connectivity index (χ3v) is 4.15.